The third-order valence-electron chi connectivity index (χ3n) is 5.89. The number of nitrogens with zero attached hydrogens (tertiary/aromatic N) is 4. The van der Waals surface area contributed by atoms with Crippen molar-refractivity contribution in [2.45, 2.75) is 9.79 Å². The quantitative estimate of drug-likeness (QED) is 0.0122. The summed E-state index contributed by atoms with van der Waals surface area (Å²) < 4.78 is 116. The number of nitrogens with two attached hydrogens (primary N) is 2. The van der Waals surface area contributed by atoms with Crippen LogP contribution in [0.5, 0.6) is 11.5 Å². The number of hydrogen-bond donors (Lipinski definition) is 2. The second kappa shape index (κ2) is 24.8. The van der Waals surface area contributed by atoms with E-state index in [9.17, 15) is 44.5 Å². The van der Waals surface area contributed by atoms with Crippen LogP contribution >= 0.6 is 12.3 Å². The molecule has 0 fully saturated rings. The third-order valence-corrected chi connectivity index (χ3v) is 11.1. The summed E-state index contributed by atoms with van der Waals surface area (Å²) >= 11 is -2.34. The molecule has 0 aromatic heterocycles. The van der Waals surface area contributed by atoms with Gasteiger partial charge in [-0.15, -0.1) is 29.1 Å². The molecule has 0 radical (unpaired) electrons. The molecule has 31 heteroatoms. The minimum absolute atomic E-state index is 0. The van der Waals surface area contributed by atoms with Gasteiger partial charge >= 0.3 is 88.7 Å². The zero-order chi connectivity index (χ0) is 37.8. The molecule has 0 bridgehead atoms. The Morgan fingerprint density at radius 2 is 1.28 bits per heavy atom. The van der Waals surface area contributed by atoms with Crippen molar-refractivity contribution in [1.82, 2.24) is 0 Å². The van der Waals surface area contributed by atoms with Gasteiger partial charge in [0.1, 0.15) is 28.5 Å². The van der Waals surface area contributed by atoms with Gasteiger partial charge in [0, 0.05) is 6.07 Å². The Kier molecular flexibility index (Phi) is 24.4. The Bertz CT molecular complexity index is 2130. The van der Waals surface area contributed by atoms with Crippen LogP contribution in [0.15, 0.2) is 78.8 Å². The molecule has 3 aromatic rings. The Labute approximate surface area is 380 Å². The van der Waals surface area contributed by atoms with Crippen molar-refractivity contribution in [2.24, 2.45) is 20.5 Å². The van der Waals surface area contributed by atoms with Gasteiger partial charge < -0.3 is 35.5 Å². The maximum absolute atomic E-state index is 12.8. The van der Waals surface area contributed by atoms with Gasteiger partial charge in [-0.25, -0.2) is 29.5 Å². The molecule has 3 rings (SSSR count). The van der Waals surface area contributed by atoms with Crippen LogP contribution in [0, 0.1) is 0 Å². The summed E-state index contributed by atoms with van der Waals surface area (Å²) in [5.74, 6) is -2.42. The molecule has 0 aliphatic heterocycles. The first-order valence-corrected chi connectivity index (χ1v) is 19.6. The molecule has 3 aromatic carbocycles. The van der Waals surface area contributed by atoms with Crippen LogP contribution in [-0.2, 0) is 64.1 Å². The second-order valence-corrected chi connectivity index (χ2v) is 16.0. The Morgan fingerprint density at radius 1 is 0.722 bits per heavy atom. The average molecular weight is 885 g/mol. The molecule has 280 valence electrons. The van der Waals surface area contributed by atoms with E-state index in [0.717, 1.165) is 24.3 Å². The third kappa shape index (κ3) is 16.9. The molecular weight excluding hydrogens is 862 g/mol. The van der Waals surface area contributed by atoms with Gasteiger partial charge in [0.25, 0.3) is 12.3 Å². The van der Waals surface area contributed by atoms with E-state index in [1.165, 1.54) is 31.4 Å². The number of methoxy groups -OCH3 is 1. The fourth-order valence-electron chi connectivity index (χ4n) is 3.57. The summed E-state index contributed by atoms with van der Waals surface area (Å²) in [6.07, 6.45) is 0. The van der Waals surface area contributed by atoms with Crippen LogP contribution in [0.1, 0.15) is 0 Å². The van der Waals surface area contributed by atoms with Crippen molar-refractivity contribution < 1.29 is 165 Å². The molecule has 0 heterocycles. The van der Waals surface area contributed by atoms with Crippen LogP contribution in [0.4, 0.5) is 34.1 Å². The van der Waals surface area contributed by atoms with Crippen molar-refractivity contribution >= 4 is 87.6 Å². The van der Waals surface area contributed by atoms with Crippen molar-refractivity contribution in [3.05, 3.63) is 48.5 Å². The van der Waals surface area contributed by atoms with E-state index in [0.29, 0.717) is 0 Å². The SMILES string of the molecule is COc1ccc(S(=O)(=O)CCS(=O)OO[O-])cc1N=Nc1cc(N=Nc2ccc(S(=O)(=O)CCOS(=O)(=O)[O-])cc2OSOO[O-])c(N)cc1N.[Na+].[Na+].[Na+]. The monoisotopic (exact) mass is 884 g/mol. The Morgan fingerprint density at radius 3 is 1.85 bits per heavy atom. The number of hydrogen-bond acceptors (Lipinski definition) is 24. The molecule has 1 unspecified atom stereocenters. The van der Waals surface area contributed by atoms with Crippen LogP contribution in [0.2, 0.25) is 0 Å². The summed E-state index contributed by atoms with van der Waals surface area (Å²) in [4.78, 5) is -0.699. The standard InChI is InChI=1S/C23H26N6O17S5.3Na/c1-40-22-5-3-14(50(35,36)9-7-48(32)46-44-31)10-21(22)29-28-20-13-19(16(24)12-17(20)25)27-26-18-4-2-15(11-23(18)42-47-45-43-30)49(33,34)8-6-41-51(37,38)39;;;/h2-5,10-13,30-31H,6-9,24-25H2,1H3,(H,37,38,39);;;/q;3*+1/p-3. The number of azo groups is 2. The van der Waals surface area contributed by atoms with Crippen molar-refractivity contribution in [3.63, 3.8) is 0 Å². The maximum Gasteiger partial charge on any atom is 1.00 e. The number of nitrogen functional groups attached to an aromatic ring is 2. The van der Waals surface area contributed by atoms with Gasteiger partial charge in [0.15, 0.2) is 36.5 Å². The van der Waals surface area contributed by atoms with Crippen LogP contribution < -0.4 is 120 Å². The topological polar surface area (TPSA) is 355 Å². The molecule has 0 saturated carbocycles. The average Bonchev–Trinajstić information content (AvgIpc) is 3.06. The van der Waals surface area contributed by atoms with Gasteiger partial charge in [-0.3, -0.25) is 14.3 Å². The molecule has 0 amide bonds. The molecule has 0 aliphatic rings. The van der Waals surface area contributed by atoms with Crippen LogP contribution in [-0.4, -0.2) is 65.0 Å². The number of benzene rings is 3. The van der Waals surface area contributed by atoms with Gasteiger partial charge in [-0.1, -0.05) is 0 Å². The minimum Gasteiger partial charge on any atom is -0.726 e. The summed E-state index contributed by atoms with van der Waals surface area (Å²) in [6.45, 7) is -0.972. The summed E-state index contributed by atoms with van der Waals surface area (Å²) in [5.41, 5.74) is 11.7. The zero-order valence-electron chi connectivity index (χ0n) is 28.4. The molecule has 0 saturated heterocycles. The Hall–Kier alpha value is -0.910. The van der Waals surface area contributed by atoms with E-state index >= 15 is 0 Å². The Balaban J connectivity index is 0.00000936. The van der Waals surface area contributed by atoms with Gasteiger partial charge in [0.05, 0.1) is 52.1 Å². The molecule has 1 atom stereocenters. The van der Waals surface area contributed by atoms with E-state index in [1.807, 2.05) is 0 Å². The minimum atomic E-state index is -5.15. The fraction of sp³-hybridized carbons (Fsp3) is 0.217. The van der Waals surface area contributed by atoms with Gasteiger partial charge in [-0.05, 0) is 42.5 Å². The van der Waals surface area contributed by atoms with E-state index in [-0.39, 0.29) is 152 Å². The number of anilines is 2. The largest absolute Gasteiger partial charge is 1.00 e. The van der Waals surface area contributed by atoms with E-state index in [2.05, 4.69) is 43.4 Å². The van der Waals surface area contributed by atoms with Crippen molar-refractivity contribution in [1.29, 1.82) is 0 Å². The summed E-state index contributed by atoms with van der Waals surface area (Å²) in [7, 11) is -12.2. The smallest absolute Gasteiger partial charge is 0.726 e. The summed E-state index contributed by atoms with van der Waals surface area (Å²) in [6, 6.07) is 9.16. The first-order chi connectivity index (χ1) is 24.0. The number of ether oxygens (including phenoxy) is 1. The molecule has 23 nitrogen and oxygen atoms in total. The molecular formula is C23H23N6Na3O17S5. The van der Waals surface area contributed by atoms with Crippen molar-refractivity contribution in [3.8, 4) is 11.5 Å². The molecule has 54 heavy (non-hydrogen) atoms. The second-order valence-electron chi connectivity index (χ2n) is 9.13. The normalized spacial score (nSPS) is 12.4. The van der Waals surface area contributed by atoms with Crippen molar-refractivity contribution in [2.75, 3.05) is 42.4 Å². The fourth-order valence-corrected chi connectivity index (χ4v) is 7.67. The zero-order valence-corrected chi connectivity index (χ0v) is 38.5. The van der Waals surface area contributed by atoms with E-state index in [1.54, 1.807) is 0 Å². The van der Waals surface area contributed by atoms with Gasteiger partial charge in [-0.2, -0.15) is 0 Å². The van der Waals surface area contributed by atoms with E-state index in [4.69, 9.17) is 20.4 Å². The molecule has 4 N–H and O–H groups in total. The number of rotatable bonds is 20. The number of sulfone groups is 2. The maximum atomic E-state index is 12.8. The first-order valence-electron chi connectivity index (χ1n) is 13.0. The van der Waals surface area contributed by atoms with E-state index < -0.39 is 69.9 Å². The molecule has 0 aliphatic carbocycles. The molecule has 0 spiro atoms. The summed E-state index contributed by atoms with van der Waals surface area (Å²) in [5, 5.41) is 42.4. The van der Waals surface area contributed by atoms with Crippen LogP contribution in [0.3, 0.4) is 0 Å². The predicted octanol–water partition coefficient (Wildman–Crippen LogP) is -8.22. The first kappa shape index (κ1) is 53.1. The van der Waals surface area contributed by atoms with Gasteiger partial charge in [0.2, 0.25) is 10.4 Å². The predicted molar refractivity (Wildman–Crippen MR) is 168 cm³/mol. The van der Waals surface area contributed by atoms with Crippen LogP contribution in [0.25, 0.3) is 0 Å².